The summed E-state index contributed by atoms with van der Waals surface area (Å²) in [5, 5.41) is 12.1. The van der Waals surface area contributed by atoms with E-state index in [1.54, 1.807) is 18.4 Å². The van der Waals surface area contributed by atoms with Gasteiger partial charge in [0.05, 0.1) is 5.56 Å². The predicted octanol–water partition coefficient (Wildman–Crippen LogP) is 5.09. The summed E-state index contributed by atoms with van der Waals surface area (Å²) in [5.41, 5.74) is 2.05. The second kappa shape index (κ2) is 10.7. The standard InChI is InChI=1S/C12H13NOS.C8H14O2/c1-7-8(2)15-11-9(7)5-4-6-10(11)12(14)13-3;1-2-3-4-5-6-7-8(9)10/h4-6H,1-3H3,(H,13,14);3-4H,2,5-7H2,1H3,(H,9,10)/b;4-3-. The highest BCUT2D eigenvalue weighted by Crippen LogP contribution is 2.32. The Hall–Kier alpha value is -2.14. The SMILES string of the molecule is CC/C=C\CCCC(=O)O.CNC(=O)c1cccc2c(C)c(C)sc12. The summed E-state index contributed by atoms with van der Waals surface area (Å²) in [6, 6.07) is 5.88. The maximum Gasteiger partial charge on any atom is 0.303 e. The van der Waals surface area contributed by atoms with Crippen LogP contribution in [0, 0.1) is 13.8 Å². The van der Waals surface area contributed by atoms with Crippen molar-refractivity contribution >= 4 is 33.3 Å². The number of fused-ring (bicyclic) bond motifs is 1. The van der Waals surface area contributed by atoms with Crippen LogP contribution < -0.4 is 5.32 Å². The van der Waals surface area contributed by atoms with Gasteiger partial charge in [0.2, 0.25) is 0 Å². The Labute approximate surface area is 153 Å². The average Bonchev–Trinajstić information content (AvgIpc) is 2.89. The maximum absolute atomic E-state index is 11.6. The lowest BCUT2D eigenvalue weighted by Gasteiger charge is -2.00. The number of thiophene rings is 1. The van der Waals surface area contributed by atoms with Gasteiger partial charge in [-0.15, -0.1) is 11.3 Å². The molecule has 0 atom stereocenters. The van der Waals surface area contributed by atoms with Crippen LogP contribution in [-0.2, 0) is 4.79 Å². The number of nitrogens with one attached hydrogen (secondary N) is 1. The van der Waals surface area contributed by atoms with Crippen LogP contribution in [0.5, 0.6) is 0 Å². The van der Waals surface area contributed by atoms with Gasteiger partial charge in [-0.25, -0.2) is 0 Å². The molecule has 0 spiro atoms. The zero-order chi connectivity index (χ0) is 18.8. The van der Waals surface area contributed by atoms with E-state index in [9.17, 15) is 9.59 Å². The molecule has 0 radical (unpaired) electrons. The summed E-state index contributed by atoms with van der Waals surface area (Å²) < 4.78 is 1.09. The van der Waals surface area contributed by atoms with E-state index in [-0.39, 0.29) is 12.3 Å². The summed E-state index contributed by atoms with van der Waals surface area (Å²) in [5.74, 6) is -0.716. The Bertz CT molecular complexity index is 747. The van der Waals surface area contributed by atoms with Crippen molar-refractivity contribution in [3.8, 4) is 0 Å². The molecule has 0 saturated carbocycles. The van der Waals surface area contributed by atoms with Crippen LogP contribution >= 0.6 is 11.3 Å². The molecule has 0 saturated heterocycles. The van der Waals surface area contributed by atoms with Crippen molar-refractivity contribution in [2.45, 2.75) is 46.5 Å². The monoisotopic (exact) mass is 361 g/mol. The van der Waals surface area contributed by atoms with Crippen LogP contribution in [0.4, 0.5) is 0 Å². The molecule has 1 aromatic heterocycles. The van der Waals surface area contributed by atoms with Gasteiger partial charge in [0.1, 0.15) is 0 Å². The van der Waals surface area contributed by atoms with E-state index < -0.39 is 5.97 Å². The van der Waals surface area contributed by atoms with Gasteiger partial charge in [-0.3, -0.25) is 9.59 Å². The Morgan fingerprint density at radius 2 is 1.96 bits per heavy atom. The van der Waals surface area contributed by atoms with Gasteiger partial charge in [-0.1, -0.05) is 31.2 Å². The van der Waals surface area contributed by atoms with Gasteiger partial charge < -0.3 is 10.4 Å². The lowest BCUT2D eigenvalue weighted by Crippen LogP contribution is -2.17. The summed E-state index contributed by atoms with van der Waals surface area (Å²) in [7, 11) is 1.66. The van der Waals surface area contributed by atoms with Crippen LogP contribution in [0.25, 0.3) is 10.1 Å². The summed E-state index contributed by atoms with van der Waals surface area (Å²) in [6.07, 6.45) is 7.05. The van der Waals surface area contributed by atoms with Crippen molar-refractivity contribution in [1.82, 2.24) is 5.32 Å². The number of amides is 1. The first kappa shape index (κ1) is 20.9. The number of aryl methyl sites for hydroxylation is 2. The van der Waals surface area contributed by atoms with Crippen LogP contribution in [0.15, 0.2) is 30.4 Å². The van der Waals surface area contributed by atoms with E-state index in [0.29, 0.717) is 0 Å². The second-order valence-electron chi connectivity index (χ2n) is 5.71. The second-order valence-corrected chi connectivity index (χ2v) is 6.93. The van der Waals surface area contributed by atoms with E-state index in [1.807, 2.05) is 18.2 Å². The van der Waals surface area contributed by atoms with Gasteiger partial charge in [0, 0.05) is 23.0 Å². The number of unbranched alkanes of at least 4 members (excludes halogenated alkanes) is 1. The summed E-state index contributed by atoms with van der Waals surface area (Å²) >= 11 is 1.69. The van der Waals surface area contributed by atoms with E-state index in [0.717, 1.165) is 29.5 Å². The zero-order valence-electron chi connectivity index (χ0n) is 15.4. The molecule has 25 heavy (non-hydrogen) atoms. The number of carboxylic acid groups (broad SMARTS) is 1. The number of hydrogen-bond donors (Lipinski definition) is 2. The predicted molar refractivity (Wildman–Crippen MR) is 106 cm³/mol. The van der Waals surface area contributed by atoms with Crippen LogP contribution in [0.2, 0.25) is 0 Å². The molecular formula is C20H27NO3S. The molecule has 4 nitrogen and oxygen atoms in total. The fraction of sp³-hybridized carbons (Fsp3) is 0.400. The highest BCUT2D eigenvalue weighted by molar-refractivity contribution is 7.19. The molecule has 2 N–H and O–H groups in total. The van der Waals surface area contributed by atoms with Crippen molar-refractivity contribution in [2.24, 2.45) is 0 Å². The lowest BCUT2D eigenvalue weighted by molar-refractivity contribution is -0.137. The van der Waals surface area contributed by atoms with Crippen molar-refractivity contribution in [3.63, 3.8) is 0 Å². The molecule has 0 aliphatic carbocycles. The van der Waals surface area contributed by atoms with Gasteiger partial charge in [0.25, 0.3) is 5.91 Å². The fourth-order valence-electron chi connectivity index (χ4n) is 2.33. The number of hydrogen-bond acceptors (Lipinski definition) is 3. The average molecular weight is 362 g/mol. The highest BCUT2D eigenvalue weighted by Gasteiger charge is 2.12. The third kappa shape index (κ3) is 6.35. The number of carbonyl (C=O) groups is 2. The maximum atomic E-state index is 11.6. The molecule has 0 fully saturated rings. The molecular weight excluding hydrogens is 334 g/mol. The first-order valence-electron chi connectivity index (χ1n) is 8.49. The van der Waals surface area contributed by atoms with Gasteiger partial charge >= 0.3 is 5.97 Å². The number of rotatable bonds is 6. The molecule has 1 amide bonds. The number of aliphatic carboxylic acids is 1. The molecule has 1 heterocycles. The third-order valence-electron chi connectivity index (χ3n) is 3.84. The molecule has 2 rings (SSSR count). The van der Waals surface area contributed by atoms with E-state index in [2.05, 4.69) is 38.2 Å². The Balaban J connectivity index is 0.000000275. The lowest BCUT2D eigenvalue weighted by atomic mass is 10.1. The summed E-state index contributed by atoms with van der Waals surface area (Å²) in [4.78, 5) is 22.9. The van der Waals surface area contributed by atoms with E-state index >= 15 is 0 Å². The minimum Gasteiger partial charge on any atom is -0.481 e. The van der Waals surface area contributed by atoms with E-state index in [1.165, 1.54) is 15.8 Å². The molecule has 0 unspecified atom stereocenters. The number of carboxylic acids is 1. The van der Waals surface area contributed by atoms with E-state index in [4.69, 9.17) is 5.11 Å². The number of carbonyl (C=O) groups excluding carboxylic acids is 1. The van der Waals surface area contributed by atoms with Crippen LogP contribution in [0.1, 0.15) is 53.4 Å². The molecule has 0 bridgehead atoms. The van der Waals surface area contributed by atoms with Crippen LogP contribution in [0.3, 0.4) is 0 Å². The van der Waals surface area contributed by atoms with Crippen molar-refractivity contribution in [1.29, 1.82) is 0 Å². The fourth-order valence-corrected chi connectivity index (χ4v) is 3.50. The summed E-state index contributed by atoms with van der Waals surface area (Å²) in [6.45, 7) is 6.25. The Morgan fingerprint density at radius 3 is 2.56 bits per heavy atom. The quantitative estimate of drug-likeness (QED) is 0.556. The number of allylic oxidation sites excluding steroid dienone is 2. The molecule has 5 heteroatoms. The van der Waals surface area contributed by atoms with Gasteiger partial charge in [-0.2, -0.15) is 0 Å². The Kier molecular flexibility index (Phi) is 8.92. The minimum absolute atomic E-state index is 0.0122. The molecule has 2 aromatic rings. The molecule has 1 aromatic carbocycles. The molecule has 136 valence electrons. The van der Waals surface area contributed by atoms with Crippen molar-refractivity contribution < 1.29 is 14.7 Å². The Morgan fingerprint density at radius 1 is 1.24 bits per heavy atom. The topological polar surface area (TPSA) is 66.4 Å². The zero-order valence-corrected chi connectivity index (χ0v) is 16.2. The van der Waals surface area contributed by atoms with Crippen molar-refractivity contribution in [3.05, 3.63) is 46.4 Å². The first-order valence-corrected chi connectivity index (χ1v) is 9.31. The molecule has 0 aliphatic rings. The van der Waals surface area contributed by atoms with Crippen LogP contribution in [-0.4, -0.2) is 24.0 Å². The van der Waals surface area contributed by atoms with Crippen molar-refractivity contribution in [2.75, 3.05) is 7.05 Å². The smallest absolute Gasteiger partial charge is 0.303 e. The largest absolute Gasteiger partial charge is 0.481 e. The van der Waals surface area contributed by atoms with Gasteiger partial charge in [-0.05, 0) is 50.1 Å². The normalized spacial score (nSPS) is 10.6. The minimum atomic E-state index is -0.704. The van der Waals surface area contributed by atoms with Gasteiger partial charge in [0.15, 0.2) is 0 Å². The highest BCUT2D eigenvalue weighted by atomic mass is 32.1. The first-order chi connectivity index (χ1) is 11.9. The third-order valence-corrected chi connectivity index (χ3v) is 5.09. The molecule has 0 aliphatic heterocycles. The number of benzene rings is 1.